The van der Waals surface area contributed by atoms with Crippen LogP contribution in [0.25, 0.3) is 0 Å². The summed E-state index contributed by atoms with van der Waals surface area (Å²) in [4.78, 5) is 24.2. The van der Waals surface area contributed by atoms with Gasteiger partial charge in [0.05, 0.1) is 6.61 Å². The maximum atomic E-state index is 12.3. The molecule has 7 nitrogen and oxygen atoms in total. The van der Waals surface area contributed by atoms with Gasteiger partial charge >= 0.3 is 5.69 Å². The van der Waals surface area contributed by atoms with E-state index in [4.69, 9.17) is 14.9 Å². The van der Waals surface area contributed by atoms with Crippen molar-refractivity contribution >= 4 is 0 Å². The third kappa shape index (κ3) is 3.94. The van der Waals surface area contributed by atoms with E-state index in [1.807, 2.05) is 4.98 Å². The predicted octanol–water partition coefficient (Wildman–Crippen LogP) is -0.941. The number of alkyl halides is 2. The van der Waals surface area contributed by atoms with E-state index in [1.54, 1.807) is 0 Å². The van der Waals surface area contributed by atoms with Gasteiger partial charge in [-0.2, -0.15) is 0 Å². The summed E-state index contributed by atoms with van der Waals surface area (Å²) in [5.41, 5.74) is -1.40. The third-order valence-corrected chi connectivity index (χ3v) is 2.43. The number of aliphatic hydroxyl groups excluding tert-OH is 2. The zero-order valence-corrected chi connectivity index (χ0v) is 9.99. The molecule has 1 rings (SSSR count). The number of nitrogens with one attached hydrogen (secondary N) is 1. The summed E-state index contributed by atoms with van der Waals surface area (Å²) in [6.07, 6.45) is -6.74. The molecule has 1 heterocycles. The molecule has 0 bridgehead atoms. The van der Waals surface area contributed by atoms with Gasteiger partial charge in [0.2, 0.25) is 0 Å². The quantitative estimate of drug-likeness (QED) is 0.623. The van der Waals surface area contributed by atoms with E-state index in [0.29, 0.717) is 0 Å². The molecule has 9 heteroatoms. The molecule has 0 spiro atoms. The van der Waals surface area contributed by atoms with Crippen LogP contribution in [-0.2, 0) is 4.74 Å². The van der Waals surface area contributed by atoms with Crippen LogP contribution in [0, 0.1) is 0 Å². The summed E-state index contributed by atoms with van der Waals surface area (Å²) in [6, 6.07) is 1.05. The lowest BCUT2D eigenvalue weighted by atomic mass is 10.2. The van der Waals surface area contributed by atoms with Gasteiger partial charge in [-0.15, -0.1) is 0 Å². The Balaban J connectivity index is 2.85. The van der Waals surface area contributed by atoms with Crippen LogP contribution in [0.2, 0.25) is 0 Å². The van der Waals surface area contributed by atoms with E-state index in [9.17, 15) is 18.4 Å². The zero-order chi connectivity index (χ0) is 14.6. The number of rotatable bonds is 6. The molecule has 1 aromatic rings. The molecule has 0 aromatic carbocycles. The van der Waals surface area contributed by atoms with Crippen molar-refractivity contribution in [2.45, 2.75) is 31.8 Å². The van der Waals surface area contributed by atoms with Gasteiger partial charge in [-0.05, 0) is 6.92 Å². The number of aromatic nitrogens is 2. The van der Waals surface area contributed by atoms with Crippen molar-refractivity contribution in [1.29, 1.82) is 0 Å². The molecule has 108 valence electrons. The van der Waals surface area contributed by atoms with Crippen LogP contribution in [0.15, 0.2) is 21.9 Å². The van der Waals surface area contributed by atoms with Crippen LogP contribution in [0.1, 0.15) is 13.2 Å². The average Bonchev–Trinajstić information content (AvgIpc) is 2.34. The highest BCUT2D eigenvalue weighted by atomic mass is 19.3. The van der Waals surface area contributed by atoms with E-state index in [-0.39, 0.29) is 0 Å². The van der Waals surface area contributed by atoms with Gasteiger partial charge in [0.25, 0.3) is 12.0 Å². The molecule has 3 atom stereocenters. The Morgan fingerprint density at radius 1 is 1.47 bits per heavy atom. The van der Waals surface area contributed by atoms with E-state index in [1.165, 1.54) is 6.92 Å². The summed E-state index contributed by atoms with van der Waals surface area (Å²) in [7, 11) is 0. The summed E-state index contributed by atoms with van der Waals surface area (Å²) in [5, 5.41) is 18.0. The van der Waals surface area contributed by atoms with E-state index >= 15 is 0 Å². The van der Waals surface area contributed by atoms with Crippen molar-refractivity contribution in [2.75, 3.05) is 6.61 Å². The molecule has 0 radical (unpaired) electrons. The normalized spacial score (nSPS) is 16.3. The molecule has 0 saturated carbocycles. The first-order valence-corrected chi connectivity index (χ1v) is 5.40. The Bertz CT molecular complexity index is 515. The first kappa shape index (κ1) is 15.5. The standard InChI is InChI=1S/C10H14F2N2O5/c1-5(14-3-2-7(16)13-10(14)18)19-6(4-15)8(17)9(11)12/h2-3,5-6,8-9,15,17H,4H2,1H3,(H,13,16,18). The fourth-order valence-corrected chi connectivity index (χ4v) is 1.43. The number of aliphatic hydroxyl groups is 2. The van der Waals surface area contributed by atoms with Crippen molar-refractivity contribution in [3.63, 3.8) is 0 Å². The minimum Gasteiger partial charge on any atom is -0.394 e. The smallest absolute Gasteiger partial charge is 0.330 e. The van der Waals surface area contributed by atoms with Crippen LogP contribution in [0.4, 0.5) is 8.78 Å². The zero-order valence-electron chi connectivity index (χ0n) is 9.99. The molecule has 0 saturated heterocycles. The summed E-state index contributed by atoms with van der Waals surface area (Å²) < 4.78 is 30.5. The molecule has 0 aliphatic carbocycles. The van der Waals surface area contributed by atoms with Gasteiger partial charge < -0.3 is 14.9 Å². The Hall–Kier alpha value is -1.58. The highest BCUT2D eigenvalue weighted by molar-refractivity contribution is 4.84. The number of hydrogen-bond donors (Lipinski definition) is 3. The van der Waals surface area contributed by atoms with E-state index in [0.717, 1.165) is 16.8 Å². The van der Waals surface area contributed by atoms with Crippen LogP contribution >= 0.6 is 0 Å². The Morgan fingerprint density at radius 2 is 2.11 bits per heavy atom. The topological polar surface area (TPSA) is 105 Å². The molecule has 0 amide bonds. The molecule has 3 N–H and O–H groups in total. The fourth-order valence-electron chi connectivity index (χ4n) is 1.43. The predicted molar refractivity (Wildman–Crippen MR) is 60.0 cm³/mol. The van der Waals surface area contributed by atoms with E-state index < -0.39 is 42.7 Å². The highest BCUT2D eigenvalue weighted by Crippen LogP contribution is 2.14. The van der Waals surface area contributed by atoms with Crippen LogP contribution < -0.4 is 11.2 Å². The molecule has 0 fully saturated rings. The van der Waals surface area contributed by atoms with E-state index in [2.05, 4.69) is 0 Å². The maximum Gasteiger partial charge on any atom is 0.330 e. The van der Waals surface area contributed by atoms with Crippen molar-refractivity contribution in [3.05, 3.63) is 33.1 Å². The number of hydrogen-bond acceptors (Lipinski definition) is 5. The molecule has 19 heavy (non-hydrogen) atoms. The van der Waals surface area contributed by atoms with Crippen LogP contribution in [-0.4, -0.2) is 45.0 Å². The minimum absolute atomic E-state index is 0.611. The summed E-state index contributed by atoms with van der Waals surface area (Å²) >= 11 is 0. The number of H-pyrrole nitrogens is 1. The maximum absolute atomic E-state index is 12.3. The molecule has 3 unspecified atom stereocenters. The Labute approximate surface area is 106 Å². The molecule has 0 aliphatic heterocycles. The van der Waals surface area contributed by atoms with Crippen LogP contribution in [0.3, 0.4) is 0 Å². The number of halogens is 2. The first-order chi connectivity index (χ1) is 8.86. The van der Waals surface area contributed by atoms with Gasteiger partial charge in [0.15, 0.2) is 0 Å². The van der Waals surface area contributed by atoms with Crippen molar-refractivity contribution in [3.8, 4) is 0 Å². The van der Waals surface area contributed by atoms with Gasteiger partial charge in [-0.25, -0.2) is 13.6 Å². The lowest BCUT2D eigenvalue weighted by Gasteiger charge is -2.25. The van der Waals surface area contributed by atoms with Gasteiger partial charge in [0.1, 0.15) is 18.4 Å². The third-order valence-electron chi connectivity index (χ3n) is 2.43. The van der Waals surface area contributed by atoms with Gasteiger partial charge in [-0.3, -0.25) is 14.3 Å². The number of ether oxygens (including phenoxy) is 1. The van der Waals surface area contributed by atoms with Gasteiger partial charge in [-0.1, -0.05) is 0 Å². The van der Waals surface area contributed by atoms with Gasteiger partial charge in [0, 0.05) is 12.3 Å². The monoisotopic (exact) mass is 280 g/mol. The fraction of sp³-hybridized carbons (Fsp3) is 0.600. The van der Waals surface area contributed by atoms with Crippen molar-refractivity contribution < 1.29 is 23.7 Å². The number of nitrogens with zero attached hydrogens (tertiary/aromatic N) is 1. The minimum atomic E-state index is -3.09. The largest absolute Gasteiger partial charge is 0.394 e. The van der Waals surface area contributed by atoms with Crippen molar-refractivity contribution in [1.82, 2.24) is 9.55 Å². The molecular weight excluding hydrogens is 266 g/mol. The molecule has 0 aliphatic rings. The highest BCUT2D eigenvalue weighted by Gasteiger charge is 2.29. The second-order valence-corrected chi connectivity index (χ2v) is 3.80. The molecule has 1 aromatic heterocycles. The lowest BCUT2D eigenvalue weighted by Crippen LogP contribution is -2.41. The Morgan fingerprint density at radius 3 is 2.58 bits per heavy atom. The summed E-state index contributed by atoms with van der Waals surface area (Å²) in [6.45, 7) is 0.508. The second-order valence-electron chi connectivity index (χ2n) is 3.80. The first-order valence-electron chi connectivity index (χ1n) is 5.40. The van der Waals surface area contributed by atoms with Crippen molar-refractivity contribution in [2.24, 2.45) is 0 Å². The molecular formula is C10H14F2N2O5. The summed E-state index contributed by atoms with van der Waals surface area (Å²) in [5.74, 6) is 0. The average molecular weight is 280 g/mol. The second kappa shape index (κ2) is 6.55. The number of aromatic amines is 1. The Kier molecular flexibility index (Phi) is 5.33. The SMILES string of the molecule is CC(OC(CO)C(O)C(F)F)n1ccc(=O)[nH]c1=O. The van der Waals surface area contributed by atoms with Crippen LogP contribution in [0.5, 0.6) is 0 Å². The lowest BCUT2D eigenvalue weighted by molar-refractivity contribution is -0.153.